The van der Waals surface area contributed by atoms with E-state index in [2.05, 4.69) is 52.7 Å². The van der Waals surface area contributed by atoms with Crippen molar-refractivity contribution in [3.05, 3.63) is 30.0 Å². The van der Waals surface area contributed by atoms with Gasteiger partial charge in [0.05, 0.1) is 12.6 Å². The van der Waals surface area contributed by atoms with E-state index in [-0.39, 0.29) is 0 Å². The maximum atomic E-state index is 5.37. The van der Waals surface area contributed by atoms with E-state index >= 15 is 0 Å². The Balaban J connectivity index is 1.60. The first-order chi connectivity index (χ1) is 11.2. The third kappa shape index (κ3) is 2.64. The van der Waals surface area contributed by atoms with Gasteiger partial charge < -0.3 is 9.30 Å². The molecule has 0 amide bonds. The molecule has 0 radical (unpaired) electrons. The van der Waals surface area contributed by atoms with Crippen molar-refractivity contribution in [3.63, 3.8) is 0 Å². The maximum Gasteiger partial charge on any atom is 0.120 e. The van der Waals surface area contributed by atoms with Crippen LogP contribution in [-0.4, -0.2) is 53.2 Å². The molecule has 2 fully saturated rings. The minimum absolute atomic E-state index is 0.637. The van der Waals surface area contributed by atoms with Gasteiger partial charge in [-0.05, 0) is 44.0 Å². The molecule has 0 saturated carbocycles. The lowest BCUT2D eigenvalue weighted by Gasteiger charge is -2.42. The first-order valence-electron chi connectivity index (χ1n) is 8.76. The summed E-state index contributed by atoms with van der Waals surface area (Å²) >= 11 is 0. The van der Waals surface area contributed by atoms with Crippen LogP contribution in [0.15, 0.2) is 24.4 Å². The summed E-state index contributed by atoms with van der Waals surface area (Å²) in [6.45, 7) is 7.17. The lowest BCUT2D eigenvalue weighted by Crippen LogP contribution is -2.54. The van der Waals surface area contributed by atoms with E-state index < -0.39 is 0 Å². The van der Waals surface area contributed by atoms with Crippen LogP contribution in [0.5, 0.6) is 5.75 Å². The fourth-order valence-electron chi connectivity index (χ4n) is 4.39. The summed E-state index contributed by atoms with van der Waals surface area (Å²) in [5.74, 6) is 0.929. The van der Waals surface area contributed by atoms with Crippen molar-refractivity contribution < 1.29 is 4.74 Å². The second kappa shape index (κ2) is 5.84. The number of rotatable bonds is 3. The third-order valence-electron chi connectivity index (χ3n) is 5.72. The second-order valence-corrected chi connectivity index (χ2v) is 7.22. The van der Waals surface area contributed by atoms with E-state index in [1.807, 2.05) is 0 Å². The van der Waals surface area contributed by atoms with Crippen LogP contribution < -0.4 is 4.74 Å². The number of piperazine rings is 1. The van der Waals surface area contributed by atoms with Gasteiger partial charge in [0, 0.05) is 56.4 Å². The molecule has 0 unspecified atom stereocenters. The van der Waals surface area contributed by atoms with E-state index in [1.165, 1.54) is 48.9 Å². The molecule has 124 valence electrons. The smallest absolute Gasteiger partial charge is 0.120 e. The summed E-state index contributed by atoms with van der Waals surface area (Å²) in [4.78, 5) is 5.36. The molecule has 1 aromatic heterocycles. The van der Waals surface area contributed by atoms with Crippen LogP contribution in [0, 0.1) is 0 Å². The zero-order valence-electron chi connectivity index (χ0n) is 14.5. The van der Waals surface area contributed by atoms with Crippen LogP contribution in [-0.2, 0) is 13.6 Å². The molecule has 0 aliphatic carbocycles. The van der Waals surface area contributed by atoms with Gasteiger partial charge in [-0.25, -0.2) is 0 Å². The van der Waals surface area contributed by atoms with Gasteiger partial charge in [-0.1, -0.05) is 0 Å². The SMILES string of the molecule is COc1ccc2c(CN3C[C@H]4CCCN4C[C@H]3C)cn(C)c2c1. The number of aromatic nitrogens is 1. The molecule has 2 saturated heterocycles. The van der Waals surface area contributed by atoms with Crippen molar-refractivity contribution in [2.45, 2.75) is 38.4 Å². The second-order valence-electron chi connectivity index (χ2n) is 7.22. The highest BCUT2D eigenvalue weighted by Crippen LogP contribution is 2.29. The van der Waals surface area contributed by atoms with Gasteiger partial charge in [-0.2, -0.15) is 0 Å². The lowest BCUT2D eigenvalue weighted by atomic mass is 10.1. The molecule has 2 atom stereocenters. The molecule has 4 nitrogen and oxygen atoms in total. The molecule has 0 spiro atoms. The van der Waals surface area contributed by atoms with Crippen LogP contribution in [0.25, 0.3) is 10.9 Å². The molecule has 1 aromatic carbocycles. The van der Waals surface area contributed by atoms with Crippen LogP contribution in [0.4, 0.5) is 0 Å². The summed E-state index contributed by atoms with van der Waals surface area (Å²) < 4.78 is 7.60. The zero-order valence-corrected chi connectivity index (χ0v) is 14.5. The molecule has 23 heavy (non-hydrogen) atoms. The summed E-state index contributed by atoms with van der Waals surface area (Å²) in [6, 6.07) is 7.83. The van der Waals surface area contributed by atoms with Gasteiger partial charge in [0.25, 0.3) is 0 Å². The number of ether oxygens (including phenoxy) is 1. The number of hydrogen-bond donors (Lipinski definition) is 0. The van der Waals surface area contributed by atoms with Crippen LogP contribution in [0.3, 0.4) is 0 Å². The van der Waals surface area contributed by atoms with Gasteiger partial charge in [0.2, 0.25) is 0 Å². The maximum absolute atomic E-state index is 5.37. The number of fused-ring (bicyclic) bond motifs is 2. The average molecular weight is 313 g/mol. The first kappa shape index (κ1) is 15.0. The zero-order chi connectivity index (χ0) is 16.0. The highest BCUT2D eigenvalue weighted by molar-refractivity contribution is 5.85. The van der Waals surface area contributed by atoms with Crippen LogP contribution in [0.2, 0.25) is 0 Å². The Morgan fingerprint density at radius 1 is 1.26 bits per heavy atom. The van der Waals surface area contributed by atoms with E-state index in [4.69, 9.17) is 4.74 Å². The molecule has 2 aliphatic rings. The Hall–Kier alpha value is -1.52. The van der Waals surface area contributed by atoms with Crippen molar-refractivity contribution in [2.75, 3.05) is 26.7 Å². The fraction of sp³-hybridized carbons (Fsp3) is 0.579. The quantitative estimate of drug-likeness (QED) is 0.869. The minimum atomic E-state index is 0.637. The number of benzene rings is 1. The summed E-state index contributed by atoms with van der Waals surface area (Å²) in [5.41, 5.74) is 2.69. The minimum Gasteiger partial charge on any atom is -0.497 e. The fourth-order valence-corrected chi connectivity index (χ4v) is 4.39. The Morgan fingerprint density at radius 3 is 2.96 bits per heavy atom. The molecule has 0 bridgehead atoms. The molecule has 3 heterocycles. The van der Waals surface area contributed by atoms with Gasteiger partial charge in [-0.15, -0.1) is 0 Å². The van der Waals surface area contributed by atoms with Gasteiger partial charge in [0.15, 0.2) is 0 Å². The first-order valence-corrected chi connectivity index (χ1v) is 8.76. The molecule has 2 aliphatic heterocycles. The lowest BCUT2D eigenvalue weighted by molar-refractivity contribution is 0.0543. The van der Waals surface area contributed by atoms with Crippen molar-refractivity contribution >= 4 is 10.9 Å². The van der Waals surface area contributed by atoms with Crippen molar-refractivity contribution in [1.82, 2.24) is 14.4 Å². The average Bonchev–Trinajstić information content (AvgIpc) is 3.12. The standard InChI is InChI=1S/C19H27N3O/c1-14-10-21-8-4-5-16(21)13-22(14)12-15-11-20(2)19-9-17(23-3)6-7-18(15)19/h6-7,9,11,14,16H,4-5,8,10,12-13H2,1-3H3/t14-,16-/m1/s1. The number of hydrogen-bond acceptors (Lipinski definition) is 3. The predicted molar refractivity (Wildman–Crippen MR) is 93.9 cm³/mol. The van der Waals surface area contributed by atoms with Crippen molar-refractivity contribution in [1.29, 1.82) is 0 Å². The molecule has 2 aromatic rings. The number of nitrogens with zero attached hydrogens (tertiary/aromatic N) is 3. The summed E-state index contributed by atoms with van der Waals surface area (Å²) in [6.07, 6.45) is 5.03. The third-order valence-corrected chi connectivity index (χ3v) is 5.72. The number of methoxy groups -OCH3 is 1. The largest absolute Gasteiger partial charge is 0.497 e. The Kier molecular flexibility index (Phi) is 3.82. The summed E-state index contributed by atoms with van der Waals surface area (Å²) in [5, 5.41) is 1.36. The Bertz CT molecular complexity index is 708. The molecule has 4 heteroatoms. The van der Waals surface area contributed by atoms with Crippen molar-refractivity contribution in [3.8, 4) is 5.75 Å². The Morgan fingerprint density at radius 2 is 2.13 bits per heavy atom. The van der Waals surface area contributed by atoms with Crippen LogP contribution in [0.1, 0.15) is 25.3 Å². The number of aryl methyl sites for hydroxylation is 1. The van der Waals surface area contributed by atoms with Crippen LogP contribution >= 0.6 is 0 Å². The summed E-state index contributed by atoms with van der Waals surface area (Å²) in [7, 11) is 3.86. The van der Waals surface area contributed by atoms with E-state index in [0.717, 1.165) is 18.3 Å². The normalized spacial score (nSPS) is 25.9. The predicted octanol–water partition coefficient (Wildman–Crippen LogP) is 2.86. The van der Waals surface area contributed by atoms with Gasteiger partial charge >= 0.3 is 0 Å². The highest BCUT2D eigenvalue weighted by Gasteiger charge is 2.34. The van der Waals surface area contributed by atoms with E-state index in [0.29, 0.717) is 6.04 Å². The van der Waals surface area contributed by atoms with E-state index in [1.54, 1.807) is 7.11 Å². The highest BCUT2D eigenvalue weighted by atomic mass is 16.5. The Labute approximate surface area is 138 Å². The molecular weight excluding hydrogens is 286 g/mol. The van der Waals surface area contributed by atoms with E-state index in [9.17, 15) is 0 Å². The van der Waals surface area contributed by atoms with Crippen molar-refractivity contribution in [2.24, 2.45) is 7.05 Å². The van der Waals surface area contributed by atoms with Gasteiger partial charge in [0.1, 0.15) is 5.75 Å². The molecular formula is C19H27N3O. The topological polar surface area (TPSA) is 20.6 Å². The van der Waals surface area contributed by atoms with Gasteiger partial charge in [-0.3, -0.25) is 9.80 Å². The molecule has 4 rings (SSSR count). The molecule has 0 N–H and O–H groups in total. The monoisotopic (exact) mass is 313 g/mol.